The highest BCUT2D eigenvalue weighted by Crippen LogP contribution is 2.30. The molecule has 190 valence electrons. The first-order valence-corrected chi connectivity index (χ1v) is 13.1. The van der Waals surface area contributed by atoms with Crippen LogP contribution in [0.5, 0.6) is 0 Å². The molecule has 2 aliphatic rings. The molecule has 1 aromatic carbocycles. The third-order valence-electron chi connectivity index (χ3n) is 7.60. The summed E-state index contributed by atoms with van der Waals surface area (Å²) in [6, 6.07) is 11.2. The normalized spacial score (nSPS) is 20.4. The van der Waals surface area contributed by atoms with E-state index in [1.807, 2.05) is 22.8 Å². The Hall–Kier alpha value is -3.81. The minimum Gasteiger partial charge on any atom is -0.393 e. The number of hydrogen-bond acceptors (Lipinski definition) is 8. The first-order valence-electron chi connectivity index (χ1n) is 13.1. The number of aromatic nitrogens is 5. The first-order chi connectivity index (χ1) is 18.1. The van der Waals surface area contributed by atoms with E-state index in [1.54, 1.807) is 23.0 Å². The second-order valence-electron chi connectivity index (χ2n) is 10.0. The molecule has 1 aliphatic heterocycles. The molecule has 3 aromatic heterocycles. The molecule has 0 amide bonds. The Morgan fingerprint density at radius 3 is 2.62 bits per heavy atom. The van der Waals surface area contributed by atoms with Gasteiger partial charge < -0.3 is 15.3 Å². The van der Waals surface area contributed by atoms with Crippen molar-refractivity contribution in [3.8, 4) is 11.9 Å². The minimum absolute atomic E-state index is 0.0620. The minimum atomic E-state index is -0.326. The first kappa shape index (κ1) is 23.6. The van der Waals surface area contributed by atoms with Crippen LogP contribution in [0, 0.1) is 11.3 Å². The lowest BCUT2D eigenvalue weighted by Gasteiger charge is -2.28. The van der Waals surface area contributed by atoms with Crippen LogP contribution in [0.1, 0.15) is 50.1 Å². The Kier molecular flexibility index (Phi) is 6.32. The zero-order valence-electron chi connectivity index (χ0n) is 20.7. The van der Waals surface area contributed by atoms with Gasteiger partial charge in [-0.1, -0.05) is 0 Å². The maximum atomic E-state index is 13.8. The third-order valence-corrected chi connectivity index (χ3v) is 7.60. The van der Waals surface area contributed by atoms with Crippen molar-refractivity contribution in [2.45, 2.75) is 50.7 Å². The Morgan fingerprint density at radius 1 is 1.05 bits per heavy atom. The van der Waals surface area contributed by atoms with Crippen molar-refractivity contribution in [3.63, 3.8) is 0 Å². The molecule has 10 heteroatoms. The molecule has 10 nitrogen and oxygen atoms in total. The van der Waals surface area contributed by atoms with Crippen molar-refractivity contribution in [2.24, 2.45) is 0 Å². The zero-order valence-corrected chi connectivity index (χ0v) is 20.7. The van der Waals surface area contributed by atoms with E-state index in [2.05, 4.69) is 26.3 Å². The summed E-state index contributed by atoms with van der Waals surface area (Å²) in [6.07, 6.45) is 6.54. The zero-order chi connectivity index (χ0) is 25.4. The maximum absolute atomic E-state index is 13.8. The third kappa shape index (κ3) is 4.56. The van der Waals surface area contributed by atoms with Gasteiger partial charge in [0, 0.05) is 19.1 Å². The van der Waals surface area contributed by atoms with Gasteiger partial charge in [-0.2, -0.15) is 5.26 Å². The number of aliphatic hydroxyl groups is 1. The van der Waals surface area contributed by atoms with Crippen LogP contribution in [0.3, 0.4) is 0 Å². The monoisotopic (exact) mass is 498 g/mol. The summed E-state index contributed by atoms with van der Waals surface area (Å²) in [4.78, 5) is 30.2. The Bertz CT molecular complexity index is 1540. The van der Waals surface area contributed by atoms with E-state index >= 15 is 0 Å². The second kappa shape index (κ2) is 9.92. The molecule has 6 rings (SSSR count). The summed E-state index contributed by atoms with van der Waals surface area (Å²) in [5.41, 5.74) is 3.05. The van der Waals surface area contributed by atoms with Gasteiger partial charge in [0.15, 0.2) is 11.5 Å². The number of pyridine rings is 1. The van der Waals surface area contributed by atoms with Gasteiger partial charge >= 0.3 is 0 Å². The predicted octanol–water partition coefficient (Wildman–Crippen LogP) is 2.99. The van der Waals surface area contributed by atoms with Gasteiger partial charge in [-0.25, -0.2) is 15.0 Å². The fourth-order valence-corrected chi connectivity index (χ4v) is 5.58. The summed E-state index contributed by atoms with van der Waals surface area (Å²) in [7, 11) is 0. The lowest BCUT2D eigenvalue weighted by molar-refractivity contribution is 0.111. The number of rotatable bonds is 6. The molecule has 0 bridgehead atoms. The highest BCUT2D eigenvalue weighted by Gasteiger charge is 2.25. The van der Waals surface area contributed by atoms with E-state index < -0.39 is 0 Å². The van der Waals surface area contributed by atoms with Gasteiger partial charge in [-0.3, -0.25) is 13.9 Å². The molecular formula is C27H30N8O2. The van der Waals surface area contributed by atoms with Crippen molar-refractivity contribution in [1.82, 2.24) is 29.0 Å². The molecule has 1 saturated carbocycles. The van der Waals surface area contributed by atoms with Gasteiger partial charge in [-0.05, 0) is 81.9 Å². The van der Waals surface area contributed by atoms with Gasteiger partial charge in [0.1, 0.15) is 17.7 Å². The molecule has 0 atom stereocenters. The van der Waals surface area contributed by atoms with E-state index in [-0.39, 0.29) is 17.7 Å². The lowest BCUT2D eigenvalue weighted by Crippen LogP contribution is -2.34. The van der Waals surface area contributed by atoms with Gasteiger partial charge in [0.25, 0.3) is 5.56 Å². The highest BCUT2D eigenvalue weighted by atomic mass is 16.3. The average Bonchev–Trinajstić information content (AvgIpc) is 3.59. The average molecular weight is 499 g/mol. The summed E-state index contributed by atoms with van der Waals surface area (Å²) in [6.45, 7) is 3.75. The quantitative estimate of drug-likeness (QED) is 0.416. The SMILES string of the molecule is N#Cc1ccc2ncn(-c3ccc4nc(NCCN5CCCC5)c(=O)n([C@H]5CC[C@H](O)CC5)c4n3)c2c1. The van der Waals surface area contributed by atoms with Crippen molar-refractivity contribution < 1.29 is 5.11 Å². The fraction of sp³-hybridized carbons (Fsp3) is 0.444. The molecule has 0 unspecified atom stereocenters. The Balaban J connectivity index is 1.42. The molecule has 1 aliphatic carbocycles. The summed E-state index contributed by atoms with van der Waals surface area (Å²) in [5.74, 6) is 0.949. The van der Waals surface area contributed by atoms with E-state index in [0.29, 0.717) is 60.6 Å². The number of anilines is 1. The van der Waals surface area contributed by atoms with Crippen molar-refractivity contribution in [1.29, 1.82) is 5.26 Å². The van der Waals surface area contributed by atoms with E-state index in [0.717, 1.165) is 30.7 Å². The largest absolute Gasteiger partial charge is 0.393 e. The van der Waals surface area contributed by atoms with Crippen LogP contribution >= 0.6 is 0 Å². The van der Waals surface area contributed by atoms with Crippen molar-refractivity contribution in [3.05, 3.63) is 52.6 Å². The summed E-state index contributed by atoms with van der Waals surface area (Å²) in [5, 5.41) is 22.7. The van der Waals surface area contributed by atoms with Crippen molar-refractivity contribution >= 4 is 28.0 Å². The standard InChI is InChI=1S/C27H30N8O2/c28-16-18-3-8-21-23(15-18)34(17-30-21)24-10-9-22-26(32-24)35(19-4-6-20(36)7-5-19)27(37)25(31-22)29-11-14-33-12-1-2-13-33/h3,8-10,15,17,19-20,36H,1-2,4-7,11-14H2,(H,29,31)/t19-,20-. The Labute approximate surface area is 214 Å². The number of imidazole rings is 1. The highest BCUT2D eigenvalue weighted by molar-refractivity contribution is 5.80. The lowest BCUT2D eigenvalue weighted by atomic mass is 9.93. The molecule has 1 saturated heterocycles. The van der Waals surface area contributed by atoms with Crippen LogP contribution in [0.2, 0.25) is 0 Å². The predicted molar refractivity (Wildman–Crippen MR) is 141 cm³/mol. The number of aliphatic hydroxyl groups excluding tert-OH is 1. The van der Waals surface area contributed by atoms with E-state index in [4.69, 9.17) is 4.98 Å². The second-order valence-corrected chi connectivity index (χ2v) is 10.0. The van der Waals surface area contributed by atoms with Gasteiger partial charge in [0.05, 0.1) is 28.8 Å². The number of nitrogens with one attached hydrogen (secondary N) is 1. The van der Waals surface area contributed by atoms with Crippen molar-refractivity contribution in [2.75, 3.05) is 31.5 Å². The topological polar surface area (TPSA) is 125 Å². The summed E-state index contributed by atoms with van der Waals surface area (Å²) >= 11 is 0. The van der Waals surface area contributed by atoms with Crippen LogP contribution in [-0.2, 0) is 0 Å². The molecule has 2 N–H and O–H groups in total. The van der Waals surface area contributed by atoms with Gasteiger partial charge in [-0.15, -0.1) is 0 Å². The molecule has 0 radical (unpaired) electrons. The number of nitriles is 1. The smallest absolute Gasteiger partial charge is 0.295 e. The molecule has 4 heterocycles. The fourth-order valence-electron chi connectivity index (χ4n) is 5.58. The number of fused-ring (bicyclic) bond motifs is 2. The van der Waals surface area contributed by atoms with E-state index in [9.17, 15) is 15.2 Å². The van der Waals surface area contributed by atoms with Crippen LogP contribution in [0.25, 0.3) is 28.0 Å². The van der Waals surface area contributed by atoms with Crippen LogP contribution in [0.15, 0.2) is 41.5 Å². The number of likely N-dealkylation sites (tertiary alicyclic amines) is 1. The van der Waals surface area contributed by atoms with Crippen LogP contribution < -0.4 is 10.9 Å². The molecular weight excluding hydrogens is 468 g/mol. The molecule has 0 spiro atoms. The molecule has 37 heavy (non-hydrogen) atoms. The molecule has 2 fully saturated rings. The number of benzene rings is 1. The van der Waals surface area contributed by atoms with E-state index in [1.165, 1.54) is 12.8 Å². The van der Waals surface area contributed by atoms with Crippen LogP contribution in [0.4, 0.5) is 5.82 Å². The Morgan fingerprint density at radius 2 is 1.84 bits per heavy atom. The van der Waals surface area contributed by atoms with Crippen LogP contribution in [-0.4, -0.2) is 66.4 Å². The number of hydrogen-bond donors (Lipinski definition) is 2. The van der Waals surface area contributed by atoms with Gasteiger partial charge in [0.2, 0.25) is 0 Å². The molecule has 4 aromatic rings. The maximum Gasteiger partial charge on any atom is 0.295 e. The summed E-state index contributed by atoms with van der Waals surface area (Å²) < 4.78 is 3.60. The number of nitrogens with zero attached hydrogens (tertiary/aromatic N) is 7.